The second-order valence-electron chi connectivity index (χ2n) is 14.1. The third-order valence-electron chi connectivity index (χ3n) is 11.1. The van der Waals surface area contributed by atoms with E-state index in [-0.39, 0.29) is 0 Å². The number of rotatable bonds is 4. The van der Waals surface area contributed by atoms with Crippen LogP contribution in [0.4, 0.5) is 0 Å². The van der Waals surface area contributed by atoms with Crippen LogP contribution in [0.25, 0.3) is 116 Å². The fourth-order valence-corrected chi connectivity index (χ4v) is 8.82. The van der Waals surface area contributed by atoms with Crippen molar-refractivity contribution < 1.29 is 4.42 Å². The van der Waals surface area contributed by atoms with Gasteiger partial charge in [0, 0.05) is 44.1 Å². The fourth-order valence-electron chi connectivity index (χ4n) is 8.82. The van der Waals surface area contributed by atoms with Crippen LogP contribution in [0.15, 0.2) is 180 Å². The zero-order valence-corrected chi connectivity index (χ0v) is 29.0. The molecule has 0 unspecified atom stereocenters. The van der Waals surface area contributed by atoms with Gasteiger partial charge in [-0.1, -0.05) is 140 Å². The van der Waals surface area contributed by atoms with Crippen LogP contribution in [0, 0.1) is 0 Å². The summed E-state index contributed by atoms with van der Waals surface area (Å²) in [4.78, 5) is 10.4. The van der Waals surface area contributed by atoms with Gasteiger partial charge in [0.1, 0.15) is 17.0 Å². The van der Waals surface area contributed by atoms with Crippen molar-refractivity contribution in [2.24, 2.45) is 0 Å². The number of aromatic nitrogens is 3. The minimum Gasteiger partial charge on any atom is -0.456 e. The highest BCUT2D eigenvalue weighted by molar-refractivity contribution is 6.39. The van der Waals surface area contributed by atoms with Crippen LogP contribution in [0.2, 0.25) is 0 Å². The van der Waals surface area contributed by atoms with Gasteiger partial charge in [0.25, 0.3) is 0 Å². The molecule has 12 aromatic rings. The SMILES string of the molecule is c1ccc(-c2cc(-n3c4cccc5c6cc(-c7cccc8oc9ccccc9c78)ccc6c6c7ccccc7cc3c6c54)nc(-c3ccccc3)n2)cc1. The minimum absolute atomic E-state index is 0.697. The maximum atomic E-state index is 6.31. The standard InChI is InChI=1S/C50H29N3O/c1-3-13-30(14-4-1)40-29-45(52-50(51-40)31-15-5-2-6-16-31)53-41-22-11-21-36-39-27-33(34-20-12-24-44-46(34)38-19-9-10-23-43(38)54-44)25-26-37(39)47-35-18-8-7-17-32(35)28-42(53)49(47)48(36)41/h1-29H. The van der Waals surface area contributed by atoms with E-state index < -0.39 is 0 Å². The van der Waals surface area contributed by atoms with Crippen LogP contribution >= 0.6 is 0 Å². The Morgan fingerprint density at radius 1 is 0.389 bits per heavy atom. The van der Waals surface area contributed by atoms with Crippen LogP contribution in [-0.4, -0.2) is 14.5 Å². The molecule has 3 aromatic heterocycles. The van der Waals surface area contributed by atoms with Crippen LogP contribution in [0.1, 0.15) is 0 Å². The summed E-state index contributed by atoms with van der Waals surface area (Å²) in [6.45, 7) is 0. The smallest absolute Gasteiger partial charge is 0.162 e. The first kappa shape index (κ1) is 29.3. The lowest BCUT2D eigenvalue weighted by Crippen LogP contribution is -2.02. The maximum absolute atomic E-state index is 6.31. The van der Waals surface area contributed by atoms with Gasteiger partial charge in [-0.25, -0.2) is 9.97 Å². The predicted octanol–water partition coefficient (Wildman–Crippen LogP) is 13.4. The lowest BCUT2D eigenvalue weighted by Gasteiger charge is -2.14. The molecule has 9 aromatic carbocycles. The van der Waals surface area contributed by atoms with Gasteiger partial charge in [-0.3, -0.25) is 4.57 Å². The first-order chi connectivity index (χ1) is 26.8. The van der Waals surface area contributed by atoms with E-state index in [2.05, 4.69) is 144 Å². The summed E-state index contributed by atoms with van der Waals surface area (Å²) in [5, 5.41) is 12.2. The number of hydrogen-bond acceptors (Lipinski definition) is 3. The Hall–Kier alpha value is -7.30. The van der Waals surface area contributed by atoms with Gasteiger partial charge in [-0.15, -0.1) is 0 Å². The molecule has 0 fully saturated rings. The van der Waals surface area contributed by atoms with Crippen LogP contribution < -0.4 is 0 Å². The van der Waals surface area contributed by atoms with Crippen molar-refractivity contribution >= 4 is 76.1 Å². The van der Waals surface area contributed by atoms with Crippen molar-refractivity contribution in [3.8, 4) is 39.6 Å². The first-order valence-corrected chi connectivity index (χ1v) is 18.3. The molecule has 0 spiro atoms. The molecule has 0 radical (unpaired) electrons. The maximum Gasteiger partial charge on any atom is 0.162 e. The lowest BCUT2D eigenvalue weighted by molar-refractivity contribution is 0.669. The third-order valence-corrected chi connectivity index (χ3v) is 11.1. The number of furan rings is 1. The highest BCUT2D eigenvalue weighted by Gasteiger charge is 2.24. The Labute approximate surface area is 309 Å². The van der Waals surface area contributed by atoms with E-state index in [0.717, 1.165) is 61.2 Å². The monoisotopic (exact) mass is 687 g/mol. The Bertz CT molecular complexity index is 3370. The van der Waals surface area contributed by atoms with Crippen LogP contribution in [-0.2, 0) is 0 Å². The molecule has 0 saturated heterocycles. The van der Waals surface area contributed by atoms with Crippen LogP contribution in [0.3, 0.4) is 0 Å². The lowest BCUT2D eigenvalue weighted by atomic mass is 9.89. The molecule has 4 heteroatoms. The molecular weight excluding hydrogens is 659 g/mol. The molecule has 0 N–H and O–H groups in total. The zero-order valence-electron chi connectivity index (χ0n) is 29.0. The van der Waals surface area contributed by atoms with Gasteiger partial charge < -0.3 is 4.42 Å². The highest BCUT2D eigenvalue weighted by Crippen LogP contribution is 2.48. The van der Waals surface area contributed by atoms with E-state index >= 15 is 0 Å². The predicted molar refractivity (Wildman–Crippen MR) is 224 cm³/mol. The largest absolute Gasteiger partial charge is 0.456 e. The van der Waals surface area contributed by atoms with Crippen LogP contribution in [0.5, 0.6) is 0 Å². The zero-order chi connectivity index (χ0) is 35.3. The molecule has 0 aliphatic rings. The summed E-state index contributed by atoms with van der Waals surface area (Å²) < 4.78 is 8.67. The Kier molecular flexibility index (Phi) is 6.02. The average molecular weight is 688 g/mol. The van der Waals surface area contributed by atoms with E-state index in [1.54, 1.807) is 0 Å². The number of para-hydroxylation sites is 1. The molecule has 0 amide bonds. The van der Waals surface area contributed by atoms with E-state index in [9.17, 15) is 0 Å². The summed E-state index contributed by atoms with van der Waals surface area (Å²) in [5.74, 6) is 1.54. The third kappa shape index (κ3) is 4.13. The van der Waals surface area contributed by atoms with E-state index in [1.807, 2.05) is 36.4 Å². The topological polar surface area (TPSA) is 43.9 Å². The molecule has 250 valence electrons. The van der Waals surface area contributed by atoms with Crippen molar-refractivity contribution in [2.75, 3.05) is 0 Å². The van der Waals surface area contributed by atoms with Gasteiger partial charge >= 0.3 is 0 Å². The number of nitrogens with zero attached hydrogens (tertiary/aromatic N) is 3. The Morgan fingerprint density at radius 3 is 1.96 bits per heavy atom. The number of benzene rings is 9. The van der Waals surface area contributed by atoms with Crippen molar-refractivity contribution in [3.63, 3.8) is 0 Å². The molecule has 12 rings (SSSR count). The van der Waals surface area contributed by atoms with Gasteiger partial charge in [0.15, 0.2) is 5.82 Å². The Balaban J connectivity index is 1.21. The average Bonchev–Trinajstić information content (AvgIpc) is 3.79. The quantitative estimate of drug-likeness (QED) is 0.173. The molecule has 0 aliphatic heterocycles. The van der Waals surface area contributed by atoms with Crippen molar-refractivity contribution in [1.29, 1.82) is 0 Å². The molecule has 54 heavy (non-hydrogen) atoms. The summed E-state index contributed by atoms with van der Waals surface area (Å²) in [7, 11) is 0. The van der Waals surface area contributed by atoms with Gasteiger partial charge in [-0.05, 0) is 68.4 Å². The summed E-state index contributed by atoms with van der Waals surface area (Å²) in [6.07, 6.45) is 0. The van der Waals surface area contributed by atoms with E-state index in [1.165, 1.54) is 48.7 Å². The minimum atomic E-state index is 0.697. The normalized spacial score (nSPS) is 12.1. The molecule has 3 heterocycles. The fraction of sp³-hybridized carbons (Fsp3) is 0. The molecule has 4 nitrogen and oxygen atoms in total. The molecule has 0 aliphatic carbocycles. The van der Waals surface area contributed by atoms with Crippen molar-refractivity contribution in [1.82, 2.24) is 14.5 Å². The summed E-state index contributed by atoms with van der Waals surface area (Å²) in [5.41, 5.74) is 9.31. The number of fused-ring (bicyclic) bond motifs is 8. The van der Waals surface area contributed by atoms with E-state index in [4.69, 9.17) is 14.4 Å². The second kappa shape index (κ2) is 11.1. The van der Waals surface area contributed by atoms with E-state index in [0.29, 0.717) is 5.82 Å². The highest BCUT2D eigenvalue weighted by atomic mass is 16.3. The first-order valence-electron chi connectivity index (χ1n) is 18.3. The molecule has 0 atom stereocenters. The van der Waals surface area contributed by atoms with Crippen molar-refractivity contribution in [3.05, 3.63) is 176 Å². The van der Waals surface area contributed by atoms with Gasteiger partial charge in [0.2, 0.25) is 0 Å². The second-order valence-corrected chi connectivity index (χ2v) is 14.1. The van der Waals surface area contributed by atoms with Crippen molar-refractivity contribution in [2.45, 2.75) is 0 Å². The molecule has 0 bridgehead atoms. The summed E-state index contributed by atoms with van der Waals surface area (Å²) >= 11 is 0. The van der Waals surface area contributed by atoms with Gasteiger partial charge in [-0.2, -0.15) is 0 Å². The van der Waals surface area contributed by atoms with Gasteiger partial charge in [0.05, 0.1) is 16.7 Å². The molecule has 0 saturated carbocycles. The summed E-state index contributed by atoms with van der Waals surface area (Å²) in [6, 6.07) is 62.4. The molecular formula is C50H29N3O. The Morgan fingerprint density at radius 2 is 1.09 bits per heavy atom. The number of hydrogen-bond donors (Lipinski definition) is 0.